The van der Waals surface area contributed by atoms with Crippen LogP contribution in [0.3, 0.4) is 0 Å². The molecule has 2 aromatic rings. The van der Waals surface area contributed by atoms with Crippen molar-refractivity contribution in [1.82, 2.24) is 14.6 Å². The van der Waals surface area contributed by atoms with Gasteiger partial charge >= 0.3 is 0 Å². The fraction of sp³-hybridized carbons (Fsp3) is 0.609. The second kappa shape index (κ2) is 7.81. The van der Waals surface area contributed by atoms with Gasteiger partial charge < -0.3 is 14.0 Å². The zero-order chi connectivity index (χ0) is 21.5. The number of carbonyl (C=O) groups is 2. The quantitative estimate of drug-likeness (QED) is 0.724. The number of rotatable bonds is 6. The second-order valence-electron chi connectivity index (χ2n) is 9.61. The molecule has 6 nitrogen and oxygen atoms in total. The van der Waals surface area contributed by atoms with Gasteiger partial charge in [-0.2, -0.15) is 0 Å². The minimum Gasteiger partial charge on any atom is -0.364 e. The van der Waals surface area contributed by atoms with Crippen molar-refractivity contribution in [3.8, 4) is 0 Å². The summed E-state index contributed by atoms with van der Waals surface area (Å²) in [6.07, 6.45) is 3.12. The summed E-state index contributed by atoms with van der Waals surface area (Å²) in [5, 5.41) is 3.95. The van der Waals surface area contributed by atoms with Gasteiger partial charge in [0.05, 0.1) is 12.5 Å². The number of aromatic nitrogens is 2. The average Bonchev–Trinajstić information content (AvgIpc) is 3.23. The number of ketones is 1. The van der Waals surface area contributed by atoms with E-state index in [1.807, 2.05) is 13.8 Å². The topological polar surface area (TPSA) is 68.3 Å². The largest absolute Gasteiger partial charge is 0.364 e. The van der Waals surface area contributed by atoms with Crippen LogP contribution in [0.2, 0.25) is 0 Å². The maximum absolute atomic E-state index is 13.1. The molecular formula is C23H33N3O3. The Bertz CT molecular complexity index is 906. The number of carbonyl (C=O) groups excluding carboxylic acids is 2. The molecule has 0 aromatic carbocycles. The predicted molar refractivity (Wildman–Crippen MR) is 112 cm³/mol. The van der Waals surface area contributed by atoms with Crippen LogP contribution in [-0.4, -0.2) is 33.4 Å². The first-order chi connectivity index (χ1) is 13.5. The zero-order valence-electron chi connectivity index (χ0n) is 18.7. The van der Waals surface area contributed by atoms with E-state index in [9.17, 15) is 9.59 Å². The molecule has 1 atom stereocenters. The minimum absolute atomic E-state index is 0.0225. The smallest absolute Gasteiger partial charge is 0.227 e. The van der Waals surface area contributed by atoms with Crippen LogP contribution in [0.25, 0.3) is 0 Å². The number of Topliss-reactive ketones (excluding diaryl/α,β-unsaturated/α-hetero) is 1. The van der Waals surface area contributed by atoms with Crippen molar-refractivity contribution in [1.29, 1.82) is 0 Å². The van der Waals surface area contributed by atoms with Crippen molar-refractivity contribution in [2.75, 3.05) is 7.05 Å². The molecule has 0 saturated carbocycles. The Balaban J connectivity index is 1.96. The van der Waals surface area contributed by atoms with Gasteiger partial charge in [-0.1, -0.05) is 32.9 Å². The first kappa shape index (κ1) is 21.3. The van der Waals surface area contributed by atoms with E-state index in [0.717, 1.165) is 41.2 Å². The van der Waals surface area contributed by atoms with Crippen molar-refractivity contribution in [3.63, 3.8) is 0 Å². The highest BCUT2D eigenvalue weighted by Gasteiger charge is 2.37. The highest BCUT2D eigenvalue weighted by molar-refractivity contribution is 6.01. The van der Waals surface area contributed by atoms with Crippen molar-refractivity contribution in [2.45, 2.75) is 73.4 Å². The maximum atomic E-state index is 13.1. The van der Waals surface area contributed by atoms with E-state index in [1.165, 1.54) is 6.26 Å². The van der Waals surface area contributed by atoms with E-state index in [1.54, 1.807) is 18.0 Å². The van der Waals surface area contributed by atoms with Crippen LogP contribution in [0.1, 0.15) is 80.1 Å². The van der Waals surface area contributed by atoms with Gasteiger partial charge in [0, 0.05) is 43.0 Å². The lowest BCUT2D eigenvalue weighted by molar-refractivity contribution is -0.131. The molecule has 0 fully saturated rings. The van der Waals surface area contributed by atoms with Crippen molar-refractivity contribution in [3.05, 3.63) is 40.5 Å². The van der Waals surface area contributed by atoms with Gasteiger partial charge in [0.15, 0.2) is 5.78 Å². The summed E-state index contributed by atoms with van der Waals surface area (Å²) in [4.78, 5) is 27.9. The Morgan fingerprint density at radius 2 is 2.00 bits per heavy atom. The highest BCUT2D eigenvalue weighted by atomic mass is 16.5. The van der Waals surface area contributed by atoms with Gasteiger partial charge in [-0.15, -0.1) is 0 Å². The standard InChI is InChI=1S/C23H33N3O3/c1-14(2)13-26-15(3)17(22-19(26)11-23(5,6)12-20(22)27)10-21(28)25(7)16(4)18-8-9-29-24-18/h8-9,14,16H,10-13H2,1-7H3/t16-/m0/s1. The molecule has 1 aliphatic carbocycles. The van der Waals surface area contributed by atoms with Crippen LogP contribution in [0.4, 0.5) is 0 Å². The fourth-order valence-electron chi connectivity index (χ4n) is 4.36. The summed E-state index contributed by atoms with van der Waals surface area (Å²) in [7, 11) is 1.78. The molecule has 3 rings (SSSR count). The molecule has 1 aliphatic rings. The molecule has 0 unspecified atom stereocenters. The van der Waals surface area contributed by atoms with Crippen LogP contribution >= 0.6 is 0 Å². The highest BCUT2D eigenvalue weighted by Crippen LogP contribution is 2.39. The summed E-state index contributed by atoms with van der Waals surface area (Å²) in [6, 6.07) is 1.58. The number of nitrogens with zero attached hydrogens (tertiary/aromatic N) is 3. The summed E-state index contributed by atoms with van der Waals surface area (Å²) >= 11 is 0. The molecule has 1 amide bonds. The Morgan fingerprint density at radius 3 is 2.59 bits per heavy atom. The summed E-state index contributed by atoms with van der Waals surface area (Å²) in [5.74, 6) is 0.603. The third-order valence-corrected chi connectivity index (χ3v) is 6.06. The normalized spacial score (nSPS) is 16.8. The van der Waals surface area contributed by atoms with Crippen LogP contribution < -0.4 is 0 Å². The van der Waals surface area contributed by atoms with Crippen LogP contribution in [-0.2, 0) is 24.2 Å². The van der Waals surface area contributed by atoms with E-state index >= 15 is 0 Å². The number of hydrogen-bond donors (Lipinski definition) is 0. The zero-order valence-corrected chi connectivity index (χ0v) is 18.7. The predicted octanol–water partition coefficient (Wildman–Crippen LogP) is 4.36. The monoisotopic (exact) mass is 399 g/mol. The number of fused-ring (bicyclic) bond motifs is 1. The number of amides is 1. The number of likely N-dealkylation sites (N-methyl/N-ethyl adjacent to an activating group) is 1. The van der Waals surface area contributed by atoms with Gasteiger partial charge in [-0.25, -0.2) is 0 Å². The first-order valence-electron chi connectivity index (χ1n) is 10.4. The molecule has 0 aliphatic heterocycles. The molecule has 2 heterocycles. The van der Waals surface area contributed by atoms with Crippen LogP contribution in [0, 0.1) is 18.3 Å². The fourth-order valence-corrected chi connectivity index (χ4v) is 4.36. The van der Waals surface area contributed by atoms with Crippen molar-refractivity contribution < 1.29 is 14.1 Å². The lowest BCUT2D eigenvalue weighted by Crippen LogP contribution is -2.32. The molecule has 2 aromatic heterocycles. The maximum Gasteiger partial charge on any atom is 0.227 e. The lowest BCUT2D eigenvalue weighted by Gasteiger charge is -2.30. The van der Waals surface area contributed by atoms with Crippen molar-refractivity contribution in [2.24, 2.45) is 11.3 Å². The van der Waals surface area contributed by atoms with Gasteiger partial charge in [0.25, 0.3) is 0 Å². The average molecular weight is 400 g/mol. The molecule has 0 N–H and O–H groups in total. The van der Waals surface area contributed by atoms with Gasteiger partial charge in [0.1, 0.15) is 12.0 Å². The Hall–Kier alpha value is -2.37. The molecular weight excluding hydrogens is 366 g/mol. The van der Waals surface area contributed by atoms with Crippen LogP contribution in [0.15, 0.2) is 16.9 Å². The van der Waals surface area contributed by atoms with E-state index in [2.05, 4.69) is 37.4 Å². The van der Waals surface area contributed by atoms with E-state index in [-0.39, 0.29) is 29.6 Å². The molecule has 0 radical (unpaired) electrons. The summed E-state index contributed by atoms with van der Waals surface area (Å²) < 4.78 is 7.20. The van der Waals surface area contributed by atoms with Crippen molar-refractivity contribution >= 4 is 11.7 Å². The molecule has 6 heteroatoms. The third kappa shape index (κ3) is 4.16. The molecule has 0 bridgehead atoms. The van der Waals surface area contributed by atoms with E-state index in [0.29, 0.717) is 12.3 Å². The van der Waals surface area contributed by atoms with Crippen LogP contribution in [0.5, 0.6) is 0 Å². The molecule has 29 heavy (non-hydrogen) atoms. The Morgan fingerprint density at radius 1 is 1.31 bits per heavy atom. The minimum atomic E-state index is -0.190. The lowest BCUT2D eigenvalue weighted by atomic mass is 9.75. The van der Waals surface area contributed by atoms with Gasteiger partial charge in [-0.3, -0.25) is 9.59 Å². The molecule has 0 saturated heterocycles. The van der Waals surface area contributed by atoms with Gasteiger partial charge in [0.2, 0.25) is 5.91 Å². The van der Waals surface area contributed by atoms with E-state index < -0.39 is 0 Å². The molecule has 0 spiro atoms. The number of hydrogen-bond acceptors (Lipinski definition) is 4. The van der Waals surface area contributed by atoms with E-state index in [4.69, 9.17) is 4.52 Å². The summed E-state index contributed by atoms with van der Waals surface area (Å²) in [5.41, 5.74) is 4.50. The summed E-state index contributed by atoms with van der Waals surface area (Å²) in [6.45, 7) is 13.5. The molecule has 158 valence electrons. The SMILES string of the molecule is Cc1c(CC(=O)N(C)[C@@H](C)c2ccon2)c2c(n1CC(C)C)CC(C)(C)CC2=O. The van der Waals surface area contributed by atoms with Gasteiger partial charge in [-0.05, 0) is 37.2 Å². The second-order valence-corrected chi connectivity index (χ2v) is 9.61. The third-order valence-electron chi connectivity index (χ3n) is 6.06. The Labute approximate surface area is 173 Å². The Kier molecular flexibility index (Phi) is 5.74. The first-order valence-corrected chi connectivity index (χ1v) is 10.4.